The Balaban J connectivity index is 1.95. The van der Waals surface area contributed by atoms with E-state index < -0.39 is 0 Å². The number of fused-ring (bicyclic) bond motifs is 1. The highest BCUT2D eigenvalue weighted by Crippen LogP contribution is 2.49. The average molecular weight is 214 g/mol. The molecule has 3 aliphatic heterocycles. The Morgan fingerprint density at radius 2 is 2.38 bits per heavy atom. The van der Waals surface area contributed by atoms with E-state index in [0.717, 1.165) is 25.4 Å². The van der Waals surface area contributed by atoms with Gasteiger partial charge in [-0.25, -0.2) is 0 Å². The molecule has 1 N–H and O–H groups in total. The molecule has 0 amide bonds. The molecule has 1 aromatic rings. The molecular weight excluding hydrogens is 200 g/mol. The van der Waals surface area contributed by atoms with Crippen LogP contribution in [0, 0.1) is 0 Å². The van der Waals surface area contributed by atoms with Crippen molar-refractivity contribution in [3.05, 3.63) is 36.2 Å². The SMILES string of the molecule is C1=CN2CC3(CCNC3)c3cccc(c32)O1. The Bertz CT molecular complexity index is 475. The van der Waals surface area contributed by atoms with Gasteiger partial charge in [0.1, 0.15) is 6.26 Å². The quantitative estimate of drug-likeness (QED) is 0.710. The molecule has 0 aromatic heterocycles. The van der Waals surface area contributed by atoms with Gasteiger partial charge in [0.05, 0.1) is 5.69 Å². The smallest absolute Gasteiger partial charge is 0.150 e. The second-order valence-electron chi connectivity index (χ2n) is 4.89. The zero-order valence-corrected chi connectivity index (χ0v) is 9.07. The predicted octanol–water partition coefficient (Wildman–Crippen LogP) is 1.60. The van der Waals surface area contributed by atoms with Crippen LogP contribution < -0.4 is 15.0 Å². The molecule has 1 fully saturated rings. The number of ether oxygens (including phenoxy) is 1. The normalized spacial score (nSPS) is 29.6. The molecule has 16 heavy (non-hydrogen) atoms. The molecule has 3 nitrogen and oxygen atoms in total. The van der Waals surface area contributed by atoms with Crippen molar-refractivity contribution in [1.29, 1.82) is 0 Å². The monoisotopic (exact) mass is 214 g/mol. The van der Waals surface area contributed by atoms with Crippen LogP contribution in [0.3, 0.4) is 0 Å². The van der Waals surface area contributed by atoms with Crippen LogP contribution in [0.4, 0.5) is 5.69 Å². The van der Waals surface area contributed by atoms with Crippen LogP contribution in [0.15, 0.2) is 30.7 Å². The third-order valence-corrected chi connectivity index (χ3v) is 4.01. The molecule has 1 spiro atoms. The minimum atomic E-state index is 0.309. The third-order valence-electron chi connectivity index (χ3n) is 4.01. The van der Waals surface area contributed by atoms with Gasteiger partial charge in [0.15, 0.2) is 5.75 Å². The van der Waals surface area contributed by atoms with Crippen molar-refractivity contribution in [1.82, 2.24) is 5.32 Å². The summed E-state index contributed by atoms with van der Waals surface area (Å²) < 4.78 is 5.57. The fourth-order valence-corrected chi connectivity index (χ4v) is 3.24. The largest absolute Gasteiger partial charge is 0.461 e. The number of hydrogen-bond donors (Lipinski definition) is 1. The fraction of sp³-hybridized carbons (Fsp3) is 0.385. The summed E-state index contributed by atoms with van der Waals surface area (Å²) in [7, 11) is 0. The molecule has 0 bridgehead atoms. The minimum absolute atomic E-state index is 0.309. The van der Waals surface area contributed by atoms with E-state index in [0.29, 0.717) is 5.41 Å². The Labute approximate surface area is 94.7 Å². The zero-order chi connectivity index (χ0) is 10.6. The van der Waals surface area contributed by atoms with Gasteiger partial charge in [-0.3, -0.25) is 0 Å². The Hall–Kier alpha value is -1.48. The van der Waals surface area contributed by atoms with Gasteiger partial charge in [-0.1, -0.05) is 12.1 Å². The molecule has 1 unspecified atom stereocenters. The van der Waals surface area contributed by atoms with Gasteiger partial charge in [-0.05, 0) is 24.6 Å². The van der Waals surface area contributed by atoms with Crippen molar-refractivity contribution in [2.24, 2.45) is 0 Å². The lowest BCUT2D eigenvalue weighted by Gasteiger charge is -2.23. The van der Waals surface area contributed by atoms with Gasteiger partial charge >= 0.3 is 0 Å². The van der Waals surface area contributed by atoms with E-state index in [1.807, 2.05) is 0 Å². The average Bonchev–Trinajstić information content (AvgIpc) is 2.89. The van der Waals surface area contributed by atoms with E-state index >= 15 is 0 Å². The maximum atomic E-state index is 5.57. The maximum Gasteiger partial charge on any atom is 0.150 e. The van der Waals surface area contributed by atoms with Crippen LogP contribution >= 0.6 is 0 Å². The van der Waals surface area contributed by atoms with Crippen molar-refractivity contribution in [2.45, 2.75) is 11.8 Å². The highest BCUT2D eigenvalue weighted by Gasteiger charge is 2.45. The van der Waals surface area contributed by atoms with Gasteiger partial charge in [0.2, 0.25) is 0 Å². The summed E-state index contributed by atoms with van der Waals surface area (Å²) in [6, 6.07) is 6.42. The second-order valence-corrected chi connectivity index (χ2v) is 4.89. The molecule has 0 saturated carbocycles. The fourth-order valence-electron chi connectivity index (χ4n) is 3.24. The number of rotatable bonds is 0. The van der Waals surface area contributed by atoms with Crippen LogP contribution in [0.1, 0.15) is 12.0 Å². The van der Waals surface area contributed by atoms with Crippen LogP contribution in [0.5, 0.6) is 5.75 Å². The molecule has 1 atom stereocenters. The maximum absolute atomic E-state index is 5.57. The van der Waals surface area contributed by atoms with Gasteiger partial charge in [0.25, 0.3) is 0 Å². The molecule has 0 radical (unpaired) electrons. The van der Waals surface area contributed by atoms with Crippen LogP contribution in [0.25, 0.3) is 0 Å². The first-order chi connectivity index (χ1) is 7.89. The molecule has 1 aromatic carbocycles. The lowest BCUT2D eigenvalue weighted by Crippen LogP contribution is -2.33. The van der Waals surface area contributed by atoms with Gasteiger partial charge in [-0.15, -0.1) is 0 Å². The van der Waals surface area contributed by atoms with E-state index in [2.05, 4.69) is 34.6 Å². The number of anilines is 1. The summed E-state index contributed by atoms with van der Waals surface area (Å²) in [5, 5.41) is 3.49. The van der Waals surface area contributed by atoms with Crippen molar-refractivity contribution in [3.8, 4) is 5.75 Å². The van der Waals surface area contributed by atoms with Crippen LogP contribution in [0.2, 0.25) is 0 Å². The first-order valence-corrected chi connectivity index (χ1v) is 5.83. The third kappa shape index (κ3) is 0.919. The van der Waals surface area contributed by atoms with Crippen molar-refractivity contribution in [2.75, 3.05) is 24.5 Å². The number of para-hydroxylation sites is 1. The predicted molar refractivity (Wildman–Crippen MR) is 62.7 cm³/mol. The zero-order valence-electron chi connectivity index (χ0n) is 9.07. The minimum Gasteiger partial charge on any atom is -0.461 e. The Kier molecular flexibility index (Phi) is 1.51. The van der Waals surface area contributed by atoms with Gasteiger partial charge < -0.3 is 15.0 Å². The summed E-state index contributed by atoms with van der Waals surface area (Å²) in [6.07, 6.45) is 5.07. The number of nitrogens with one attached hydrogen (secondary N) is 1. The topological polar surface area (TPSA) is 24.5 Å². The molecule has 3 aliphatic rings. The van der Waals surface area contributed by atoms with E-state index in [-0.39, 0.29) is 0 Å². The molecule has 4 rings (SSSR count). The van der Waals surface area contributed by atoms with Crippen LogP contribution in [-0.4, -0.2) is 19.6 Å². The summed E-state index contributed by atoms with van der Waals surface area (Å²) in [4.78, 5) is 2.33. The summed E-state index contributed by atoms with van der Waals surface area (Å²) in [5.74, 6) is 1.00. The number of nitrogens with zero attached hydrogens (tertiary/aromatic N) is 1. The summed E-state index contributed by atoms with van der Waals surface area (Å²) >= 11 is 0. The van der Waals surface area contributed by atoms with Gasteiger partial charge in [-0.2, -0.15) is 0 Å². The number of hydrogen-bond acceptors (Lipinski definition) is 3. The lowest BCUT2D eigenvalue weighted by molar-refractivity contribution is 0.469. The lowest BCUT2D eigenvalue weighted by atomic mass is 9.81. The van der Waals surface area contributed by atoms with Crippen LogP contribution in [-0.2, 0) is 5.41 Å². The standard InChI is InChI=1S/C13H14N2O/c1-2-10-12-11(3-1)16-7-6-15(12)9-13(10)4-5-14-8-13/h1-3,6-7,14H,4-5,8-9H2. The summed E-state index contributed by atoms with van der Waals surface area (Å²) in [6.45, 7) is 3.31. The van der Waals surface area contributed by atoms with Crippen molar-refractivity contribution >= 4 is 5.69 Å². The van der Waals surface area contributed by atoms with Crippen molar-refractivity contribution in [3.63, 3.8) is 0 Å². The van der Waals surface area contributed by atoms with E-state index in [1.165, 1.54) is 17.7 Å². The first-order valence-electron chi connectivity index (χ1n) is 5.83. The Morgan fingerprint density at radius 1 is 1.38 bits per heavy atom. The molecular formula is C13H14N2O. The van der Waals surface area contributed by atoms with Gasteiger partial charge in [0, 0.05) is 24.7 Å². The number of benzene rings is 1. The molecule has 0 aliphatic carbocycles. The summed E-state index contributed by atoms with van der Waals surface area (Å²) in [5.41, 5.74) is 3.05. The molecule has 3 heteroatoms. The van der Waals surface area contributed by atoms with E-state index in [9.17, 15) is 0 Å². The van der Waals surface area contributed by atoms with Crippen molar-refractivity contribution < 1.29 is 4.74 Å². The van der Waals surface area contributed by atoms with E-state index in [1.54, 1.807) is 6.26 Å². The second kappa shape index (κ2) is 2.80. The first kappa shape index (κ1) is 8.65. The molecule has 1 saturated heterocycles. The Morgan fingerprint density at radius 3 is 3.25 bits per heavy atom. The molecule has 3 heterocycles. The highest BCUT2D eigenvalue weighted by molar-refractivity contribution is 5.73. The van der Waals surface area contributed by atoms with E-state index in [4.69, 9.17) is 4.74 Å². The highest BCUT2D eigenvalue weighted by atomic mass is 16.5. The molecule has 82 valence electrons.